The van der Waals surface area contributed by atoms with E-state index in [0.717, 1.165) is 5.56 Å². The van der Waals surface area contributed by atoms with Crippen molar-refractivity contribution in [3.63, 3.8) is 0 Å². The van der Waals surface area contributed by atoms with Crippen molar-refractivity contribution < 1.29 is 9.59 Å². The second-order valence-corrected chi connectivity index (χ2v) is 4.15. The van der Waals surface area contributed by atoms with Crippen LogP contribution in [0.3, 0.4) is 0 Å². The molecule has 2 N–H and O–H groups in total. The van der Waals surface area contributed by atoms with Crippen LogP contribution in [0.1, 0.15) is 26.4 Å². The topological polar surface area (TPSA) is 62.0 Å². The third-order valence-electron chi connectivity index (χ3n) is 2.48. The molecule has 0 fully saturated rings. The van der Waals surface area contributed by atoms with Crippen LogP contribution in [0.15, 0.2) is 36.5 Å². The molecule has 0 aliphatic carbocycles. The summed E-state index contributed by atoms with van der Waals surface area (Å²) in [5.41, 5.74) is 1.64. The highest BCUT2D eigenvalue weighted by atomic mass is 35.5. The van der Waals surface area contributed by atoms with Crippen LogP contribution in [0.5, 0.6) is 0 Å². The predicted octanol–water partition coefficient (Wildman–Crippen LogP) is 2.41. The summed E-state index contributed by atoms with van der Waals surface area (Å²) < 4.78 is 0. The fourth-order valence-electron chi connectivity index (χ4n) is 1.52. The lowest BCUT2D eigenvalue weighted by Gasteiger charge is -2.05. The van der Waals surface area contributed by atoms with Crippen molar-refractivity contribution in [2.45, 2.75) is 6.54 Å². The lowest BCUT2D eigenvalue weighted by Crippen LogP contribution is -2.23. The number of hydrogen-bond donors (Lipinski definition) is 2. The van der Waals surface area contributed by atoms with Gasteiger partial charge in [0.2, 0.25) is 0 Å². The Labute approximate surface area is 109 Å². The van der Waals surface area contributed by atoms with E-state index in [9.17, 15) is 9.59 Å². The van der Waals surface area contributed by atoms with Gasteiger partial charge in [-0.1, -0.05) is 29.8 Å². The molecule has 0 aliphatic rings. The Balaban J connectivity index is 2.00. The van der Waals surface area contributed by atoms with Crippen LogP contribution in [0.4, 0.5) is 0 Å². The number of aromatic nitrogens is 1. The first-order valence-corrected chi connectivity index (χ1v) is 5.73. The Morgan fingerprint density at radius 3 is 2.83 bits per heavy atom. The highest BCUT2D eigenvalue weighted by molar-refractivity contribution is 6.31. The standard InChI is InChI=1S/C13H11ClN2O2/c14-11-4-2-1-3-10(11)7-16-13(18)12-5-9(8-17)6-15-12/h1-6,8,15H,7H2,(H,16,18). The molecule has 0 spiro atoms. The molecule has 0 radical (unpaired) electrons. The highest BCUT2D eigenvalue weighted by Gasteiger charge is 2.08. The molecule has 0 unspecified atom stereocenters. The number of hydrogen-bond acceptors (Lipinski definition) is 2. The molecule has 0 saturated heterocycles. The number of carbonyl (C=O) groups excluding carboxylic acids is 2. The molecule has 18 heavy (non-hydrogen) atoms. The van der Waals surface area contributed by atoms with E-state index >= 15 is 0 Å². The third kappa shape index (κ3) is 2.78. The molecule has 92 valence electrons. The van der Waals surface area contributed by atoms with Gasteiger partial charge in [0.05, 0.1) is 0 Å². The van der Waals surface area contributed by atoms with Gasteiger partial charge in [-0.15, -0.1) is 0 Å². The number of amides is 1. The summed E-state index contributed by atoms with van der Waals surface area (Å²) in [6.07, 6.45) is 2.17. The van der Waals surface area contributed by atoms with Crippen LogP contribution in [-0.2, 0) is 6.54 Å². The number of halogens is 1. The van der Waals surface area contributed by atoms with E-state index in [2.05, 4.69) is 10.3 Å². The molecule has 4 nitrogen and oxygen atoms in total. The molecule has 0 bridgehead atoms. The summed E-state index contributed by atoms with van der Waals surface area (Å²) in [7, 11) is 0. The van der Waals surface area contributed by atoms with E-state index < -0.39 is 0 Å². The van der Waals surface area contributed by atoms with Crippen molar-refractivity contribution in [1.29, 1.82) is 0 Å². The second kappa shape index (κ2) is 5.51. The minimum Gasteiger partial charge on any atom is -0.357 e. The molecule has 1 heterocycles. The van der Waals surface area contributed by atoms with Crippen LogP contribution in [0, 0.1) is 0 Å². The molecule has 1 aromatic heterocycles. The monoisotopic (exact) mass is 262 g/mol. The molecule has 0 atom stereocenters. The minimum absolute atomic E-state index is 0.275. The fraction of sp³-hybridized carbons (Fsp3) is 0.0769. The first kappa shape index (κ1) is 12.4. The van der Waals surface area contributed by atoms with Crippen LogP contribution < -0.4 is 5.32 Å². The lowest BCUT2D eigenvalue weighted by atomic mass is 10.2. The average molecular weight is 263 g/mol. The zero-order valence-electron chi connectivity index (χ0n) is 9.44. The Morgan fingerprint density at radius 1 is 1.39 bits per heavy atom. The molecule has 1 amide bonds. The van der Waals surface area contributed by atoms with Crippen molar-refractivity contribution in [3.05, 3.63) is 58.4 Å². The zero-order chi connectivity index (χ0) is 13.0. The van der Waals surface area contributed by atoms with E-state index in [1.165, 1.54) is 12.3 Å². The maximum Gasteiger partial charge on any atom is 0.267 e. The number of H-pyrrole nitrogens is 1. The summed E-state index contributed by atoms with van der Waals surface area (Å²) in [5.74, 6) is -0.275. The molecule has 0 aliphatic heterocycles. The zero-order valence-corrected chi connectivity index (χ0v) is 10.2. The smallest absolute Gasteiger partial charge is 0.267 e. The van der Waals surface area contributed by atoms with Gasteiger partial charge < -0.3 is 10.3 Å². The molecule has 1 aromatic carbocycles. The van der Waals surface area contributed by atoms with E-state index in [-0.39, 0.29) is 5.91 Å². The van der Waals surface area contributed by atoms with Crippen LogP contribution in [0.2, 0.25) is 5.02 Å². The Hall–Kier alpha value is -2.07. The van der Waals surface area contributed by atoms with Gasteiger partial charge in [-0.05, 0) is 17.7 Å². The third-order valence-corrected chi connectivity index (χ3v) is 2.85. The van der Waals surface area contributed by atoms with E-state index in [4.69, 9.17) is 11.6 Å². The first-order chi connectivity index (χ1) is 8.70. The molecular weight excluding hydrogens is 252 g/mol. The van der Waals surface area contributed by atoms with Gasteiger partial charge in [0.25, 0.3) is 5.91 Å². The summed E-state index contributed by atoms with van der Waals surface area (Å²) in [6, 6.07) is 8.78. The Bertz CT molecular complexity index is 578. The van der Waals surface area contributed by atoms with Crippen molar-refractivity contribution >= 4 is 23.8 Å². The van der Waals surface area contributed by atoms with Crippen molar-refractivity contribution in [2.75, 3.05) is 0 Å². The van der Waals surface area contributed by atoms with E-state index in [0.29, 0.717) is 29.1 Å². The van der Waals surface area contributed by atoms with Gasteiger partial charge in [0.15, 0.2) is 6.29 Å². The van der Waals surface area contributed by atoms with Gasteiger partial charge in [-0.25, -0.2) is 0 Å². The minimum atomic E-state index is -0.275. The summed E-state index contributed by atoms with van der Waals surface area (Å²) in [5, 5.41) is 3.33. The fourth-order valence-corrected chi connectivity index (χ4v) is 1.73. The van der Waals surface area contributed by atoms with Gasteiger partial charge in [0, 0.05) is 23.3 Å². The molecule has 2 rings (SSSR count). The number of nitrogens with one attached hydrogen (secondary N) is 2. The van der Waals surface area contributed by atoms with Crippen LogP contribution >= 0.6 is 11.6 Å². The Morgan fingerprint density at radius 2 is 2.17 bits per heavy atom. The highest BCUT2D eigenvalue weighted by Crippen LogP contribution is 2.14. The number of aromatic amines is 1. The molecular formula is C13H11ClN2O2. The largest absolute Gasteiger partial charge is 0.357 e. The molecule has 0 saturated carbocycles. The van der Waals surface area contributed by atoms with Crippen molar-refractivity contribution in [1.82, 2.24) is 10.3 Å². The van der Waals surface area contributed by atoms with E-state index in [1.54, 1.807) is 6.07 Å². The van der Waals surface area contributed by atoms with Gasteiger partial charge in [-0.3, -0.25) is 9.59 Å². The number of benzene rings is 1. The number of aldehydes is 1. The second-order valence-electron chi connectivity index (χ2n) is 3.74. The maximum atomic E-state index is 11.8. The Kier molecular flexibility index (Phi) is 3.79. The number of carbonyl (C=O) groups is 2. The summed E-state index contributed by atoms with van der Waals surface area (Å²) >= 11 is 5.97. The maximum absolute atomic E-state index is 11.8. The quantitative estimate of drug-likeness (QED) is 0.831. The SMILES string of the molecule is O=Cc1c[nH]c(C(=O)NCc2ccccc2Cl)c1. The molecule has 5 heteroatoms. The van der Waals surface area contributed by atoms with Crippen molar-refractivity contribution in [2.24, 2.45) is 0 Å². The average Bonchev–Trinajstić information content (AvgIpc) is 2.86. The van der Waals surface area contributed by atoms with Crippen molar-refractivity contribution in [3.8, 4) is 0 Å². The van der Waals surface area contributed by atoms with E-state index in [1.807, 2.05) is 18.2 Å². The predicted molar refractivity (Wildman–Crippen MR) is 68.8 cm³/mol. The van der Waals surface area contributed by atoms with Gasteiger partial charge in [-0.2, -0.15) is 0 Å². The summed E-state index contributed by atoms with van der Waals surface area (Å²) in [4.78, 5) is 25.0. The molecule has 2 aromatic rings. The van der Waals surface area contributed by atoms with Crippen LogP contribution in [-0.4, -0.2) is 17.2 Å². The lowest BCUT2D eigenvalue weighted by molar-refractivity contribution is 0.0946. The van der Waals surface area contributed by atoms with Crippen LogP contribution in [0.25, 0.3) is 0 Å². The van der Waals surface area contributed by atoms with Gasteiger partial charge in [0.1, 0.15) is 5.69 Å². The normalized spacial score (nSPS) is 10.1. The van der Waals surface area contributed by atoms with Gasteiger partial charge >= 0.3 is 0 Å². The first-order valence-electron chi connectivity index (χ1n) is 5.36. The number of rotatable bonds is 4. The summed E-state index contributed by atoms with van der Waals surface area (Å²) in [6.45, 7) is 0.341.